The van der Waals surface area contributed by atoms with Crippen LogP contribution in [0.15, 0.2) is 36.2 Å². The van der Waals surface area contributed by atoms with Crippen molar-refractivity contribution in [1.82, 2.24) is 14.8 Å². The summed E-state index contributed by atoms with van der Waals surface area (Å²) in [6, 6.07) is 5.36. The Bertz CT molecular complexity index is 984. The van der Waals surface area contributed by atoms with E-state index in [0.29, 0.717) is 54.4 Å². The molecule has 6 nitrogen and oxygen atoms in total. The van der Waals surface area contributed by atoms with E-state index in [0.717, 1.165) is 24.1 Å². The van der Waals surface area contributed by atoms with Crippen molar-refractivity contribution in [3.8, 4) is 11.3 Å². The number of carbonyl (C=O) groups excluding carboxylic acids is 2. The SMILES string of the molecule is C=CCN(C(=O)CN1CCN(C(=O)C2CC2)CC1)c1nc(-c2ccc(Cl)c(Cl)c2)cs1. The summed E-state index contributed by atoms with van der Waals surface area (Å²) in [5.41, 5.74) is 1.59. The van der Waals surface area contributed by atoms with Crippen molar-refractivity contribution < 1.29 is 9.59 Å². The molecule has 2 amide bonds. The number of carbonyl (C=O) groups is 2. The van der Waals surface area contributed by atoms with E-state index in [-0.39, 0.29) is 17.7 Å². The maximum absolute atomic E-state index is 13.1. The highest BCUT2D eigenvalue weighted by atomic mass is 35.5. The monoisotopic (exact) mass is 478 g/mol. The third-order valence-electron chi connectivity index (χ3n) is 5.52. The number of hydrogen-bond donors (Lipinski definition) is 0. The molecule has 9 heteroatoms. The number of aromatic nitrogens is 1. The van der Waals surface area contributed by atoms with Gasteiger partial charge in [-0.15, -0.1) is 17.9 Å². The highest BCUT2D eigenvalue weighted by Gasteiger charge is 2.35. The fraction of sp³-hybridized carbons (Fsp3) is 0.409. The van der Waals surface area contributed by atoms with Crippen LogP contribution in [0.3, 0.4) is 0 Å². The molecule has 1 aromatic heterocycles. The molecule has 1 aromatic carbocycles. The van der Waals surface area contributed by atoms with E-state index in [1.807, 2.05) is 16.3 Å². The summed E-state index contributed by atoms with van der Waals surface area (Å²) in [5.74, 6) is 0.486. The summed E-state index contributed by atoms with van der Waals surface area (Å²) in [5, 5.41) is 3.48. The first kappa shape index (κ1) is 22.3. The second-order valence-electron chi connectivity index (χ2n) is 7.81. The van der Waals surface area contributed by atoms with Crippen LogP contribution in [0.4, 0.5) is 5.13 Å². The number of thiazole rings is 1. The Kier molecular flexibility index (Phi) is 6.96. The van der Waals surface area contributed by atoms with Crippen LogP contribution in [0.25, 0.3) is 11.3 Å². The van der Waals surface area contributed by atoms with Gasteiger partial charge in [0.25, 0.3) is 0 Å². The Morgan fingerprint density at radius 3 is 2.58 bits per heavy atom. The summed E-state index contributed by atoms with van der Waals surface area (Å²) >= 11 is 13.5. The molecule has 0 bridgehead atoms. The Hall–Kier alpha value is -1.93. The largest absolute Gasteiger partial charge is 0.340 e. The first-order valence-electron chi connectivity index (χ1n) is 10.3. The molecule has 31 heavy (non-hydrogen) atoms. The molecule has 0 atom stereocenters. The molecule has 1 saturated carbocycles. The van der Waals surface area contributed by atoms with Crippen molar-refractivity contribution in [2.45, 2.75) is 12.8 Å². The van der Waals surface area contributed by atoms with Gasteiger partial charge in [-0.1, -0.05) is 35.3 Å². The molecule has 0 spiro atoms. The van der Waals surface area contributed by atoms with Gasteiger partial charge in [0.1, 0.15) is 0 Å². The molecule has 0 N–H and O–H groups in total. The van der Waals surface area contributed by atoms with Crippen molar-refractivity contribution >= 4 is 51.5 Å². The number of amides is 2. The zero-order chi connectivity index (χ0) is 22.0. The molecule has 1 aliphatic carbocycles. The van der Waals surface area contributed by atoms with Gasteiger partial charge < -0.3 is 4.90 Å². The lowest BCUT2D eigenvalue weighted by atomic mass is 10.2. The maximum Gasteiger partial charge on any atom is 0.243 e. The van der Waals surface area contributed by atoms with Crippen molar-refractivity contribution in [3.63, 3.8) is 0 Å². The Labute approximate surface area is 196 Å². The topological polar surface area (TPSA) is 56.8 Å². The lowest BCUT2D eigenvalue weighted by Crippen LogP contribution is -2.52. The Morgan fingerprint density at radius 1 is 1.19 bits per heavy atom. The smallest absolute Gasteiger partial charge is 0.243 e. The number of benzene rings is 1. The van der Waals surface area contributed by atoms with Gasteiger partial charge in [0.2, 0.25) is 11.8 Å². The summed E-state index contributed by atoms with van der Waals surface area (Å²) in [6.07, 6.45) is 3.74. The van der Waals surface area contributed by atoms with Crippen LogP contribution in [0.1, 0.15) is 12.8 Å². The van der Waals surface area contributed by atoms with Gasteiger partial charge in [0, 0.05) is 49.6 Å². The summed E-state index contributed by atoms with van der Waals surface area (Å²) in [6.45, 7) is 7.24. The van der Waals surface area contributed by atoms with E-state index in [2.05, 4.69) is 16.5 Å². The molecular weight excluding hydrogens is 455 g/mol. The van der Waals surface area contributed by atoms with Crippen LogP contribution in [0.2, 0.25) is 10.0 Å². The van der Waals surface area contributed by atoms with Crippen LogP contribution >= 0.6 is 34.5 Å². The zero-order valence-electron chi connectivity index (χ0n) is 17.1. The lowest BCUT2D eigenvalue weighted by Gasteiger charge is -2.35. The van der Waals surface area contributed by atoms with Crippen molar-refractivity contribution in [3.05, 3.63) is 46.3 Å². The van der Waals surface area contributed by atoms with E-state index in [4.69, 9.17) is 23.2 Å². The number of hydrogen-bond acceptors (Lipinski definition) is 5. The molecule has 2 heterocycles. The predicted molar refractivity (Wildman–Crippen MR) is 126 cm³/mol. The number of anilines is 1. The zero-order valence-corrected chi connectivity index (χ0v) is 19.4. The van der Waals surface area contributed by atoms with Gasteiger partial charge in [0.15, 0.2) is 5.13 Å². The summed E-state index contributed by atoms with van der Waals surface area (Å²) in [7, 11) is 0. The predicted octanol–water partition coefficient (Wildman–Crippen LogP) is 4.19. The second-order valence-corrected chi connectivity index (χ2v) is 9.46. The third kappa shape index (κ3) is 5.29. The minimum Gasteiger partial charge on any atom is -0.340 e. The van der Waals surface area contributed by atoms with E-state index in [1.165, 1.54) is 11.3 Å². The molecule has 4 rings (SSSR count). The van der Waals surface area contributed by atoms with Crippen molar-refractivity contribution in [2.24, 2.45) is 5.92 Å². The van der Waals surface area contributed by atoms with E-state index in [1.54, 1.807) is 23.1 Å². The second kappa shape index (κ2) is 9.69. The fourth-order valence-corrected chi connectivity index (χ4v) is 4.74. The van der Waals surface area contributed by atoms with Gasteiger partial charge in [-0.05, 0) is 25.0 Å². The molecule has 1 saturated heterocycles. The molecule has 0 radical (unpaired) electrons. The van der Waals surface area contributed by atoms with Crippen LogP contribution in [-0.4, -0.2) is 65.9 Å². The molecule has 2 aromatic rings. The van der Waals surface area contributed by atoms with E-state index < -0.39 is 0 Å². The number of halogens is 2. The third-order valence-corrected chi connectivity index (χ3v) is 7.12. The molecular formula is C22H24Cl2N4O2S. The van der Waals surface area contributed by atoms with Gasteiger partial charge in [-0.2, -0.15) is 0 Å². The standard InChI is InChI=1S/C22H24Cl2N4O2S/c1-2-7-28(22-25-19(14-31-22)16-5-6-17(23)18(24)12-16)20(29)13-26-8-10-27(11-9-26)21(30)15-3-4-15/h2,5-6,12,14-15H,1,3-4,7-11,13H2. The maximum atomic E-state index is 13.1. The van der Waals surface area contributed by atoms with Crippen LogP contribution < -0.4 is 4.90 Å². The minimum atomic E-state index is -0.0306. The Morgan fingerprint density at radius 2 is 1.94 bits per heavy atom. The normalized spacial score (nSPS) is 16.9. The first-order valence-corrected chi connectivity index (χ1v) is 11.9. The summed E-state index contributed by atoms with van der Waals surface area (Å²) in [4.78, 5) is 35.6. The highest BCUT2D eigenvalue weighted by molar-refractivity contribution is 7.14. The molecule has 2 fully saturated rings. The average Bonchev–Trinajstić information content (AvgIpc) is 3.51. The number of nitrogens with zero attached hydrogens (tertiary/aromatic N) is 4. The summed E-state index contributed by atoms with van der Waals surface area (Å²) < 4.78 is 0. The molecule has 1 aliphatic heterocycles. The van der Waals surface area contributed by atoms with E-state index >= 15 is 0 Å². The highest BCUT2D eigenvalue weighted by Crippen LogP contribution is 2.32. The number of piperazine rings is 1. The lowest BCUT2D eigenvalue weighted by molar-refractivity contribution is -0.134. The van der Waals surface area contributed by atoms with Crippen molar-refractivity contribution in [1.29, 1.82) is 0 Å². The van der Waals surface area contributed by atoms with E-state index in [9.17, 15) is 9.59 Å². The Balaban J connectivity index is 1.40. The molecule has 164 valence electrons. The average molecular weight is 479 g/mol. The fourth-order valence-electron chi connectivity index (χ4n) is 3.58. The number of rotatable bonds is 7. The van der Waals surface area contributed by atoms with Gasteiger partial charge >= 0.3 is 0 Å². The molecule has 0 unspecified atom stereocenters. The van der Waals surface area contributed by atoms with Crippen molar-refractivity contribution in [2.75, 3.05) is 44.2 Å². The minimum absolute atomic E-state index is 0.0306. The van der Waals surface area contributed by atoms with Gasteiger partial charge in [0.05, 0.1) is 22.3 Å². The van der Waals surface area contributed by atoms with Crippen LogP contribution in [-0.2, 0) is 9.59 Å². The first-order chi connectivity index (χ1) is 15.0. The molecule has 2 aliphatic rings. The van der Waals surface area contributed by atoms with Gasteiger partial charge in [-0.25, -0.2) is 4.98 Å². The van der Waals surface area contributed by atoms with Crippen LogP contribution in [0, 0.1) is 5.92 Å². The van der Waals surface area contributed by atoms with Gasteiger partial charge in [-0.3, -0.25) is 19.4 Å². The van der Waals surface area contributed by atoms with Crippen LogP contribution in [0.5, 0.6) is 0 Å². The quantitative estimate of drug-likeness (QED) is 0.559.